The minimum absolute atomic E-state index is 0. The van der Waals surface area contributed by atoms with E-state index in [0.717, 1.165) is 22.3 Å². The molecule has 8 heteroatoms. The maximum atomic E-state index is 13.4. The maximum Gasteiger partial charge on any atom is 0.407 e. The van der Waals surface area contributed by atoms with E-state index >= 15 is 0 Å². The summed E-state index contributed by atoms with van der Waals surface area (Å²) in [6.45, 7) is 0.416. The number of carbonyl (C=O) groups excluding carboxylic acids is 1. The lowest BCUT2D eigenvalue weighted by Crippen LogP contribution is -2.43. The van der Waals surface area contributed by atoms with E-state index in [4.69, 9.17) is 4.74 Å². The number of hydrogen-bond acceptors (Lipinski definition) is 4. The Hall–Kier alpha value is -3.58. The molecule has 0 unspecified atom stereocenters. The van der Waals surface area contributed by atoms with Crippen molar-refractivity contribution in [1.82, 2.24) is 5.32 Å². The summed E-state index contributed by atoms with van der Waals surface area (Å²) in [5, 5.41) is 12.0. The Morgan fingerprint density at radius 3 is 2.24 bits per heavy atom. The van der Waals surface area contributed by atoms with Crippen LogP contribution in [0, 0.1) is 5.82 Å². The van der Waals surface area contributed by atoms with Gasteiger partial charge in [-0.15, -0.1) is 12.4 Å². The van der Waals surface area contributed by atoms with Crippen LogP contribution in [0.3, 0.4) is 0 Å². The van der Waals surface area contributed by atoms with Crippen molar-refractivity contribution in [3.8, 4) is 11.1 Å². The Morgan fingerprint density at radius 1 is 1.03 bits per heavy atom. The van der Waals surface area contributed by atoms with E-state index in [0.29, 0.717) is 12.2 Å². The zero-order valence-corrected chi connectivity index (χ0v) is 19.4. The predicted octanol–water partition coefficient (Wildman–Crippen LogP) is 5.07. The van der Waals surface area contributed by atoms with Gasteiger partial charge in [0.1, 0.15) is 18.5 Å². The van der Waals surface area contributed by atoms with Gasteiger partial charge in [0.05, 0.1) is 0 Å². The standard InChI is InChI=1S/C26H25FN2O4.ClH/c1-29(18-8-6-7-17(27)15-18)14-13-24(25(30)31)28-26(32)33-16-23-21-11-4-2-9-19(21)20-10-3-5-12-22(20)23;/h2-12,15,23-24H,13-14,16H2,1H3,(H,28,32)(H,30,31);1H/t24-;/m0./s1. The van der Waals surface area contributed by atoms with Gasteiger partial charge in [0.25, 0.3) is 0 Å². The molecule has 1 amide bonds. The first-order valence-electron chi connectivity index (χ1n) is 10.7. The number of fused-ring (bicyclic) bond motifs is 3. The molecule has 0 fully saturated rings. The van der Waals surface area contributed by atoms with E-state index in [-0.39, 0.29) is 37.2 Å². The molecule has 0 aromatic heterocycles. The van der Waals surface area contributed by atoms with E-state index in [1.165, 1.54) is 12.1 Å². The van der Waals surface area contributed by atoms with Crippen molar-refractivity contribution in [2.75, 3.05) is 25.1 Å². The molecule has 0 heterocycles. The van der Waals surface area contributed by atoms with Crippen LogP contribution in [-0.2, 0) is 9.53 Å². The highest BCUT2D eigenvalue weighted by Gasteiger charge is 2.29. The van der Waals surface area contributed by atoms with Crippen molar-refractivity contribution in [3.05, 3.63) is 89.7 Å². The quantitative estimate of drug-likeness (QED) is 0.467. The second-order valence-corrected chi connectivity index (χ2v) is 8.05. The van der Waals surface area contributed by atoms with Crippen LogP contribution in [0.4, 0.5) is 14.9 Å². The fourth-order valence-electron chi connectivity index (χ4n) is 4.21. The average Bonchev–Trinajstić information content (AvgIpc) is 3.13. The second kappa shape index (κ2) is 11.0. The van der Waals surface area contributed by atoms with Crippen LogP contribution < -0.4 is 10.2 Å². The van der Waals surface area contributed by atoms with E-state index < -0.39 is 18.1 Å². The number of ether oxygens (including phenoxy) is 1. The van der Waals surface area contributed by atoms with Crippen LogP contribution in [0.15, 0.2) is 72.8 Å². The van der Waals surface area contributed by atoms with Gasteiger partial charge >= 0.3 is 12.1 Å². The van der Waals surface area contributed by atoms with E-state index in [2.05, 4.69) is 5.32 Å². The number of hydrogen-bond donors (Lipinski definition) is 2. The molecular formula is C26H26ClFN2O4. The largest absolute Gasteiger partial charge is 0.480 e. The lowest BCUT2D eigenvalue weighted by Gasteiger charge is -2.22. The van der Waals surface area contributed by atoms with Gasteiger partial charge in [-0.3, -0.25) is 0 Å². The fraction of sp³-hybridized carbons (Fsp3) is 0.231. The lowest BCUT2D eigenvalue weighted by atomic mass is 9.98. The summed E-state index contributed by atoms with van der Waals surface area (Å²) in [6, 6.07) is 20.9. The number of anilines is 1. The number of carbonyl (C=O) groups is 2. The number of amides is 1. The van der Waals surface area contributed by atoms with Crippen molar-refractivity contribution in [2.45, 2.75) is 18.4 Å². The lowest BCUT2D eigenvalue weighted by molar-refractivity contribution is -0.139. The first kappa shape index (κ1) is 25.1. The Labute approximate surface area is 203 Å². The van der Waals surface area contributed by atoms with E-state index in [1.54, 1.807) is 24.1 Å². The molecule has 2 N–H and O–H groups in total. The van der Waals surface area contributed by atoms with Crippen molar-refractivity contribution in [2.24, 2.45) is 0 Å². The highest BCUT2D eigenvalue weighted by Crippen LogP contribution is 2.44. The average molecular weight is 485 g/mol. The van der Waals surface area contributed by atoms with Gasteiger partial charge in [-0.1, -0.05) is 54.6 Å². The summed E-state index contributed by atoms with van der Waals surface area (Å²) in [5.74, 6) is -1.63. The molecule has 0 bridgehead atoms. The monoisotopic (exact) mass is 484 g/mol. The molecule has 0 saturated carbocycles. The Kier molecular flexibility index (Phi) is 8.12. The maximum absolute atomic E-state index is 13.4. The molecule has 178 valence electrons. The van der Waals surface area contributed by atoms with Crippen LogP contribution in [-0.4, -0.2) is 43.4 Å². The third-order valence-electron chi connectivity index (χ3n) is 5.94. The van der Waals surface area contributed by atoms with Gasteiger partial charge in [-0.05, 0) is 46.9 Å². The Bertz CT molecular complexity index is 1130. The summed E-state index contributed by atoms with van der Waals surface area (Å²) in [5.41, 5.74) is 5.02. The third-order valence-corrected chi connectivity index (χ3v) is 5.94. The highest BCUT2D eigenvalue weighted by molar-refractivity contribution is 5.85. The SMILES string of the molecule is CN(CC[C@H](NC(=O)OCC1c2ccccc2-c2ccccc21)C(=O)O)c1cccc(F)c1.Cl. The van der Waals surface area contributed by atoms with Gasteiger partial charge in [-0.2, -0.15) is 0 Å². The van der Waals surface area contributed by atoms with Crippen molar-refractivity contribution >= 4 is 30.2 Å². The molecule has 0 spiro atoms. The van der Waals surface area contributed by atoms with Gasteiger partial charge in [0, 0.05) is 25.2 Å². The molecule has 6 nitrogen and oxygen atoms in total. The van der Waals surface area contributed by atoms with Crippen molar-refractivity contribution < 1.29 is 23.8 Å². The van der Waals surface area contributed by atoms with Crippen LogP contribution in [0.1, 0.15) is 23.5 Å². The smallest absolute Gasteiger partial charge is 0.407 e. The third kappa shape index (κ3) is 5.48. The molecule has 1 aliphatic carbocycles. The first-order chi connectivity index (χ1) is 15.9. The van der Waals surface area contributed by atoms with Crippen LogP contribution in [0.25, 0.3) is 11.1 Å². The molecule has 0 aliphatic heterocycles. The molecule has 3 aromatic carbocycles. The number of carboxylic acid groups (broad SMARTS) is 1. The minimum atomic E-state index is -1.16. The molecule has 1 atom stereocenters. The van der Waals surface area contributed by atoms with E-state index in [1.807, 2.05) is 48.5 Å². The van der Waals surface area contributed by atoms with Gasteiger partial charge in [0.15, 0.2) is 0 Å². The van der Waals surface area contributed by atoms with Crippen molar-refractivity contribution in [3.63, 3.8) is 0 Å². The van der Waals surface area contributed by atoms with Gasteiger partial charge < -0.3 is 20.1 Å². The molecule has 34 heavy (non-hydrogen) atoms. The van der Waals surface area contributed by atoms with Crippen LogP contribution in [0.2, 0.25) is 0 Å². The topological polar surface area (TPSA) is 78.9 Å². The molecular weight excluding hydrogens is 459 g/mol. The zero-order valence-electron chi connectivity index (χ0n) is 18.6. The number of aliphatic carboxylic acids is 1. The van der Waals surface area contributed by atoms with E-state index in [9.17, 15) is 19.1 Å². The summed E-state index contributed by atoms with van der Waals surface area (Å²) in [6.07, 6.45) is -0.648. The molecule has 1 aliphatic rings. The second-order valence-electron chi connectivity index (χ2n) is 8.05. The molecule has 3 aromatic rings. The molecule has 0 saturated heterocycles. The highest BCUT2D eigenvalue weighted by atomic mass is 35.5. The van der Waals surface area contributed by atoms with Gasteiger partial charge in [0.2, 0.25) is 0 Å². The Balaban J connectivity index is 0.00000324. The normalized spacial score (nSPS) is 12.6. The number of halogens is 2. The van der Waals surface area contributed by atoms with Crippen molar-refractivity contribution in [1.29, 1.82) is 0 Å². The van der Waals surface area contributed by atoms with Crippen LogP contribution in [0.5, 0.6) is 0 Å². The summed E-state index contributed by atoms with van der Waals surface area (Å²) < 4.78 is 18.9. The number of rotatable bonds is 8. The van der Waals surface area contributed by atoms with Gasteiger partial charge in [-0.25, -0.2) is 14.0 Å². The summed E-state index contributed by atoms with van der Waals surface area (Å²) in [7, 11) is 1.74. The Morgan fingerprint density at radius 2 is 1.65 bits per heavy atom. The number of nitrogens with zero attached hydrogens (tertiary/aromatic N) is 1. The molecule has 4 rings (SSSR count). The summed E-state index contributed by atoms with van der Waals surface area (Å²) >= 11 is 0. The number of nitrogens with one attached hydrogen (secondary N) is 1. The number of benzene rings is 3. The number of carboxylic acids is 1. The zero-order chi connectivity index (χ0) is 23.4. The minimum Gasteiger partial charge on any atom is -0.480 e. The van der Waals surface area contributed by atoms with Crippen LogP contribution >= 0.6 is 12.4 Å². The number of alkyl carbamates (subject to hydrolysis) is 1. The summed E-state index contributed by atoms with van der Waals surface area (Å²) in [4.78, 5) is 25.8. The fourth-order valence-corrected chi connectivity index (χ4v) is 4.21. The first-order valence-corrected chi connectivity index (χ1v) is 10.7. The molecule has 0 radical (unpaired) electrons. The predicted molar refractivity (Wildman–Crippen MR) is 131 cm³/mol.